The SMILES string of the molecule is CCCCC/C=C\CCCC(CCC/C=C\CCCCC)C(CCC/C=C\CCCCC)OC(=O)CCCCN1CCC1. The smallest absolute Gasteiger partial charge is 0.306 e. The van der Waals surface area contributed by atoms with Gasteiger partial charge in [-0.25, -0.2) is 0 Å². The third kappa shape index (κ3) is 24.6. The van der Waals surface area contributed by atoms with Gasteiger partial charge in [0.15, 0.2) is 0 Å². The lowest BCUT2D eigenvalue weighted by Gasteiger charge is -2.30. The molecule has 43 heavy (non-hydrogen) atoms. The third-order valence-corrected chi connectivity index (χ3v) is 9.04. The normalized spacial score (nSPS) is 14.9. The van der Waals surface area contributed by atoms with Gasteiger partial charge in [-0.05, 0) is 141 Å². The van der Waals surface area contributed by atoms with Gasteiger partial charge in [0, 0.05) is 6.42 Å². The van der Waals surface area contributed by atoms with Crippen LogP contribution in [0.2, 0.25) is 0 Å². The van der Waals surface area contributed by atoms with Crippen molar-refractivity contribution in [1.29, 1.82) is 0 Å². The van der Waals surface area contributed by atoms with Crippen molar-refractivity contribution in [2.45, 2.75) is 187 Å². The van der Waals surface area contributed by atoms with E-state index >= 15 is 0 Å². The van der Waals surface area contributed by atoms with Crippen molar-refractivity contribution in [1.82, 2.24) is 4.90 Å². The van der Waals surface area contributed by atoms with Gasteiger partial charge < -0.3 is 9.64 Å². The van der Waals surface area contributed by atoms with E-state index in [0.29, 0.717) is 12.3 Å². The first-order valence-electron chi connectivity index (χ1n) is 19.1. The summed E-state index contributed by atoms with van der Waals surface area (Å²) in [6.45, 7) is 10.4. The minimum atomic E-state index is 0.0420. The number of ether oxygens (including phenoxy) is 1. The Labute approximate surface area is 269 Å². The van der Waals surface area contributed by atoms with Gasteiger partial charge in [-0.1, -0.05) is 95.8 Å². The van der Waals surface area contributed by atoms with Gasteiger partial charge in [0.25, 0.3) is 0 Å². The molecule has 0 saturated carbocycles. The van der Waals surface area contributed by atoms with Crippen molar-refractivity contribution in [3.05, 3.63) is 36.5 Å². The second-order valence-corrected chi connectivity index (χ2v) is 13.1. The van der Waals surface area contributed by atoms with Crippen molar-refractivity contribution >= 4 is 5.97 Å². The number of carbonyl (C=O) groups is 1. The van der Waals surface area contributed by atoms with Crippen LogP contribution in [-0.2, 0) is 9.53 Å². The van der Waals surface area contributed by atoms with E-state index < -0.39 is 0 Å². The Morgan fingerprint density at radius 2 is 1.02 bits per heavy atom. The number of hydrogen-bond acceptors (Lipinski definition) is 3. The zero-order valence-electron chi connectivity index (χ0n) is 29.2. The maximum atomic E-state index is 13.1. The number of nitrogens with zero attached hydrogens (tertiary/aromatic N) is 1. The molecule has 3 heteroatoms. The Morgan fingerprint density at radius 3 is 1.44 bits per heavy atom. The van der Waals surface area contributed by atoms with Crippen LogP contribution in [-0.4, -0.2) is 36.6 Å². The molecule has 0 aliphatic carbocycles. The second kappa shape index (κ2) is 30.7. The maximum absolute atomic E-state index is 13.1. The van der Waals surface area contributed by atoms with E-state index in [1.807, 2.05) is 0 Å². The van der Waals surface area contributed by atoms with E-state index in [1.54, 1.807) is 0 Å². The molecule has 1 rings (SSSR count). The van der Waals surface area contributed by atoms with Crippen LogP contribution in [0.1, 0.15) is 181 Å². The number of unbranched alkanes of at least 4 members (excludes halogenated alkanes) is 13. The summed E-state index contributed by atoms with van der Waals surface area (Å²) in [5.74, 6) is 0.515. The number of hydrogen-bond donors (Lipinski definition) is 0. The lowest BCUT2D eigenvalue weighted by molar-refractivity contribution is -0.153. The largest absolute Gasteiger partial charge is 0.462 e. The number of likely N-dealkylation sites (tertiary alicyclic amines) is 1. The van der Waals surface area contributed by atoms with Gasteiger partial charge >= 0.3 is 5.97 Å². The predicted octanol–water partition coefficient (Wildman–Crippen LogP) is 12.3. The van der Waals surface area contributed by atoms with Crippen molar-refractivity contribution in [3.63, 3.8) is 0 Å². The topological polar surface area (TPSA) is 29.5 Å². The average Bonchev–Trinajstić information content (AvgIpc) is 2.98. The summed E-state index contributed by atoms with van der Waals surface area (Å²) in [5.41, 5.74) is 0. The highest BCUT2D eigenvalue weighted by Gasteiger charge is 2.24. The Morgan fingerprint density at radius 1 is 0.581 bits per heavy atom. The molecular weight excluding hydrogens is 526 g/mol. The third-order valence-electron chi connectivity index (χ3n) is 9.04. The van der Waals surface area contributed by atoms with Gasteiger partial charge in [-0.3, -0.25) is 4.79 Å². The van der Waals surface area contributed by atoms with Crippen molar-refractivity contribution in [2.75, 3.05) is 19.6 Å². The van der Waals surface area contributed by atoms with E-state index in [1.165, 1.54) is 122 Å². The quantitative estimate of drug-likeness (QED) is 0.0451. The van der Waals surface area contributed by atoms with Crippen LogP contribution < -0.4 is 0 Å². The molecule has 0 aromatic rings. The molecule has 0 amide bonds. The van der Waals surface area contributed by atoms with Crippen LogP contribution in [0.15, 0.2) is 36.5 Å². The Bertz CT molecular complexity index is 667. The highest BCUT2D eigenvalue weighted by atomic mass is 16.5. The molecule has 1 heterocycles. The Balaban J connectivity index is 2.69. The minimum Gasteiger partial charge on any atom is -0.462 e. The summed E-state index contributed by atoms with van der Waals surface area (Å²) in [6, 6.07) is 0. The monoisotopic (exact) mass is 600 g/mol. The summed E-state index contributed by atoms with van der Waals surface area (Å²) in [5, 5.41) is 0. The first-order chi connectivity index (χ1) is 21.2. The second-order valence-electron chi connectivity index (χ2n) is 13.1. The van der Waals surface area contributed by atoms with Gasteiger partial charge in [-0.2, -0.15) is 0 Å². The summed E-state index contributed by atoms with van der Waals surface area (Å²) >= 11 is 0. The number of rotatable bonds is 31. The van der Waals surface area contributed by atoms with Gasteiger partial charge in [0.2, 0.25) is 0 Å². The fraction of sp³-hybridized carbons (Fsp3) is 0.825. The standard InChI is InChI=1S/C40H73NO2/c1-4-7-10-13-16-19-22-25-31-38(32-26-23-20-17-14-11-8-5-2)39(33-27-24-21-18-15-12-9-6-3)43-40(42)34-28-29-35-41-36-30-37-41/h16-21,38-39H,4-15,22-37H2,1-3H3/b19-16-,20-17-,21-18-. The van der Waals surface area contributed by atoms with Crippen molar-refractivity contribution in [3.8, 4) is 0 Å². The molecule has 1 unspecified atom stereocenters. The van der Waals surface area contributed by atoms with E-state index in [2.05, 4.69) is 62.1 Å². The minimum absolute atomic E-state index is 0.0420. The zero-order valence-corrected chi connectivity index (χ0v) is 29.2. The zero-order chi connectivity index (χ0) is 31.1. The summed E-state index contributed by atoms with van der Waals surface area (Å²) in [7, 11) is 0. The molecule has 1 fully saturated rings. The summed E-state index contributed by atoms with van der Waals surface area (Å²) < 4.78 is 6.35. The molecule has 3 nitrogen and oxygen atoms in total. The van der Waals surface area contributed by atoms with Crippen LogP contribution in [0.3, 0.4) is 0 Å². The molecule has 0 aromatic carbocycles. The van der Waals surface area contributed by atoms with Crippen molar-refractivity contribution in [2.24, 2.45) is 5.92 Å². The molecule has 0 spiro atoms. The molecule has 250 valence electrons. The Kier molecular flexibility index (Phi) is 28.3. The van der Waals surface area contributed by atoms with Gasteiger partial charge in [0.05, 0.1) is 0 Å². The van der Waals surface area contributed by atoms with Crippen LogP contribution >= 0.6 is 0 Å². The fourth-order valence-electron chi connectivity index (χ4n) is 6.02. The molecule has 0 radical (unpaired) electrons. The molecule has 0 aromatic heterocycles. The molecule has 1 aliphatic rings. The average molecular weight is 600 g/mol. The highest BCUT2D eigenvalue weighted by molar-refractivity contribution is 5.69. The first kappa shape index (κ1) is 39.7. The van der Waals surface area contributed by atoms with E-state index in [0.717, 1.165) is 51.5 Å². The van der Waals surface area contributed by atoms with Crippen LogP contribution in [0.4, 0.5) is 0 Å². The van der Waals surface area contributed by atoms with Gasteiger partial charge in [0.1, 0.15) is 6.10 Å². The summed E-state index contributed by atoms with van der Waals surface area (Å²) in [4.78, 5) is 15.5. The molecule has 0 N–H and O–H groups in total. The van der Waals surface area contributed by atoms with E-state index in [-0.39, 0.29) is 12.1 Å². The number of carbonyl (C=O) groups excluding carboxylic acids is 1. The Hall–Kier alpha value is -1.35. The molecule has 1 saturated heterocycles. The molecule has 1 atom stereocenters. The van der Waals surface area contributed by atoms with E-state index in [4.69, 9.17) is 4.74 Å². The highest BCUT2D eigenvalue weighted by Crippen LogP contribution is 2.27. The lowest BCUT2D eigenvalue weighted by Crippen LogP contribution is -2.37. The number of esters is 1. The van der Waals surface area contributed by atoms with Gasteiger partial charge in [-0.15, -0.1) is 0 Å². The molecular formula is C40H73NO2. The van der Waals surface area contributed by atoms with Crippen molar-refractivity contribution < 1.29 is 9.53 Å². The van der Waals surface area contributed by atoms with Crippen LogP contribution in [0.5, 0.6) is 0 Å². The van der Waals surface area contributed by atoms with Crippen LogP contribution in [0.25, 0.3) is 0 Å². The predicted molar refractivity (Wildman–Crippen MR) is 190 cm³/mol. The lowest BCUT2D eigenvalue weighted by atomic mass is 9.87. The van der Waals surface area contributed by atoms with E-state index in [9.17, 15) is 4.79 Å². The number of allylic oxidation sites excluding steroid dienone is 6. The molecule has 0 bridgehead atoms. The first-order valence-corrected chi connectivity index (χ1v) is 19.1. The molecule has 1 aliphatic heterocycles. The maximum Gasteiger partial charge on any atom is 0.306 e. The van der Waals surface area contributed by atoms with Crippen LogP contribution in [0, 0.1) is 5.92 Å². The summed E-state index contributed by atoms with van der Waals surface area (Å²) in [6.07, 6.45) is 44.0. The fourth-order valence-corrected chi connectivity index (χ4v) is 6.02.